The fourth-order valence-electron chi connectivity index (χ4n) is 1.14. The first-order valence-corrected chi connectivity index (χ1v) is 4.21. The SMILES string of the molecule is CC(=O)N(C(=O)C(F)F)c1ccccc1. The van der Waals surface area contributed by atoms with Gasteiger partial charge in [0.25, 0.3) is 0 Å². The van der Waals surface area contributed by atoms with Crippen LogP contribution in [0.5, 0.6) is 0 Å². The molecule has 0 heterocycles. The Balaban J connectivity index is 3.05. The molecule has 0 bridgehead atoms. The zero-order valence-corrected chi connectivity index (χ0v) is 7.98. The highest BCUT2D eigenvalue weighted by atomic mass is 19.3. The van der Waals surface area contributed by atoms with Crippen molar-refractivity contribution < 1.29 is 18.4 Å². The van der Waals surface area contributed by atoms with Crippen molar-refractivity contribution >= 4 is 17.5 Å². The van der Waals surface area contributed by atoms with E-state index in [1.807, 2.05) is 0 Å². The largest absolute Gasteiger partial charge is 0.316 e. The fraction of sp³-hybridized carbons (Fsp3) is 0.200. The van der Waals surface area contributed by atoms with Crippen molar-refractivity contribution in [1.82, 2.24) is 0 Å². The third kappa shape index (κ3) is 2.59. The van der Waals surface area contributed by atoms with Crippen molar-refractivity contribution in [2.75, 3.05) is 4.90 Å². The van der Waals surface area contributed by atoms with Gasteiger partial charge in [-0.05, 0) is 12.1 Å². The molecule has 1 aromatic carbocycles. The normalized spacial score (nSPS) is 10.1. The Morgan fingerprint density at radius 1 is 1.20 bits per heavy atom. The number of hydrogen-bond acceptors (Lipinski definition) is 2. The third-order valence-corrected chi connectivity index (χ3v) is 1.74. The summed E-state index contributed by atoms with van der Waals surface area (Å²) >= 11 is 0. The van der Waals surface area contributed by atoms with Crippen LogP contribution in [0, 0.1) is 0 Å². The van der Waals surface area contributed by atoms with E-state index in [9.17, 15) is 18.4 Å². The van der Waals surface area contributed by atoms with E-state index in [1.165, 1.54) is 12.1 Å². The van der Waals surface area contributed by atoms with Crippen molar-refractivity contribution in [2.45, 2.75) is 13.3 Å². The molecule has 0 N–H and O–H groups in total. The number of hydrogen-bond donors (Lipinski definition) is 0. The first-order valence-electron chi connectivity index (χ1n) is 4.21. The zero-order chi connectivity index (χ0) is 11.4. The highest BCUT2D eigenvalue weighted by molar-refractivity contribution is 6.15. The van der Waals surface area contributed by atoms with E-state index in [1.54, 1.807) is 18.2 Å². The number of halogens is 2. The summed E-state index contributed by atoms with van der Waals surface area (Å²) in [5.74, 6) is -2.24. The Kier molecular flexibility index (Phi) is 3.49. The number of benzene rings is 1. The summed E-state index contributed by atoms with van der Waals surface area (Å²) in [6.07, 6.45) is -3.19. The number of para-hydroxylation sites is 1. The lowest BCUT2D eigenvalue weighted by Crippen LogP contribution is -2.39. The molecule has 0 saturated carbocycles. The van der Waals surface area contributed by atoms with Crippen molar-refractivity contribution in [3.05, 3.63) is 30.3 Å². The minimum absolute atomic E-state index is 0.148. The summed E-state index contributed by atoms with van der Waals surface area (Å²) in [6, 6.07) is 7.62. The highest BCUT2D eigenvalue weighted by Crippen LogP contribution is 2.15. The summed E-state index contributed by atoms with van der Waals surface area (Å²) < 4.78 is 24.4. The average Bonchev–Trinajstić information content (AvgIpc) is 2.18. The second kappa shape index (κ2) is 4.63. The molecule has 3 nitrogen and oxygen atoms in total. The van der Waals surface area contributed by atoms with Crippen molar-refractivity contribution in [1.29, 1.82) is 0 Å². The maximum Gasteiger partial charge on any atom is 0.316 e. The van der Waals surface area contributed by atoms with Gasteiger partial charge in [0.15, 0.2) is 0 Å². The number of carbonyl (C=O) groups is 2. The Hall–Kier alpha value is -1.78. The molecule has 0 saturated heterocycles. The van der Waals surface area contributed by atoms with Crippen molar-refractivity contribution in [3.63, 3.8) is 0 Å². The van der Waals surface area contributed by atoms with Gasteiger partial charge in [-0.15, -0.1) is 0 Å². The van der Waals surface area contributed by atoms with Crippen LogP contribution >= 0.6 is 0 Å². The second-order valence-corrected chi connectivity index (χ2v) is 2.83. The number of anilines is 1. The molecular formula is C10H9F2NO2. The van der Waals surface area contributed by atoms with Crippen molar-refractivity contribution in [2.24, 2.45) is 0 Å². The molecule has 1 rings (SSSR count). The number of rotatable bonds is 2. The topological polar surface area (TPSA) is 37.4 Å². The number of imide groups is 1. The Morgan fingerprint density at radius 2 is 1.73 bits per heavy atom. The number of alkyl halides is 2. The standard InChI is InChI=1S/C10H9F2NO2/c1-7(14)13(10(15)9(11)12)8-5-3-2-4-6-8/h2-6,9H,1H3. The van der Waals surface area contributed by atoms with Gasteiger partial charge >= 0.3 is 12.3 Å². The first-order chi connectivity index (χ1) is 7.04. The maximum absolute atomic E-state index is 12.2. The molecule has 0 atom stereocenters. The summed E-state index contributed by atoms with van der Waals surface area (Å²) in [5.41, 5.74) is 0.148. The molecule has 0 aliphatic heterocycles. The second-order valence-electron chi connectivity index (χ2n) is 2.83. The smallest absolute Gasteiger partial charge is 0.274 e. The summed E-state index contributed by atoms with van der Waals surface area (Å²) in [7, 11) is 0. The molecule has 0 unspecified atom stereocenters. The molecule has 80 valence electrons. The number of carbonyl (C=O) groups excluding carboxylic acids is 2. The van der Waals surface area contributed by atoms with Crippen LogP contribution in [0.2, 0.25) is 0 Å². The average molecular weight is 213 g/mol. The summed E-state index contributed by atoms with van der Waals surface area (Å²) in [4.78, 5) is 22.6. The maximum atomic E-state index is 12.2. The highest BCUT2D eigenvalue weighted by Gasteiger charge is 2.27. The van der Waals surface area contributed by atoms with Crippen LogP contribution in [0.4, 0.5) is 14.5 Å². The van der Waals surface area contributed by atoms with Gasteiger partial charge in [-0.1, -0.05) is 18.2 Å². The summed E-state index contributed by atoms with van der Waals surface area (Å²) in [6.45, 7) is 1.06. The lowest BCUT2D eigenvalue weighted by molar-refractivity contribution is -0.133. The van der Waals surface area contributed by atoms with Gasteiger partial charge in [-0.3, -0.25) is 9.59 Å². The fourth-order valence-corrected chi connectivity index (χ4v) is 1.14. The van der Waals surface area contributed by atoms with E-state index in [0.717, 1.165) is 6.92 Å². The number of amides is 2. The van der Waals surface area contributed by atoms with Crippen LogP contribution in [0.25, 0.3) is 0 Å². The van der Waals surface area contributed by atoms with E-state index in [0.29, 0.717) is 4.90 Å². The molecule has 0 radical (unpaired) electrons. The van der Waals surface area contributed by atoms with Gasteiger partial charge < -0.3 is 0 Å². The molecule has 2 amide bonds. The lowest BCUT2D eigenvalue weighted by Gasteiger charge is -2.18. The molecule has 0 aliphatic carbocycles. The van der Waals surface area contributed by atoms with Gasteiger partial charge in [0.2, 0.25) is 5.91 Å². The molecule has 0 aliphatic rings. The minimum Gasteiger partial charge on any atom is -0.274 e. The van der Waals surface area contributed by atoms with Crippen LogP contribution < -0.4 is 4.90 Å². The molecule has 0 aromatic heterocycles. The van der Waals surface area contributed by atoms with Gasteiger partial charge in [0.05, 0.1) is 5.69 Å². The van der Waals surface area contributed by atoms with E-state index in [2.05, 4.69) is 0 Å². The molecule has 15 heavy (non-hydrogen) atoms. The Bertz CT molecular complexity index is 365. The molecule has 0 spiro atoms. The van der Waals surface area contributed by atoms with Crippen LogP contribution in [0.15, 0.2) is 30.3 Å². The van der Waals surface area contributed by atoms with Gasteiger partial charge in [0.1, 0.15) is 0 Å². The van der Waals surface area contributed by atoms with Crippen LogP contribution in [-0.4, -0.2) is 18.2 Å². The van der Waals surface area contributed by atoms with E-state index in [4.69, 9.17) is 0 Å². The van der Waals surface area contributed by atoms with Gasteiger partial charge in [0, 0.05) is 6.92 Å². The zero-order valence-electron chi connectivity index (χ0n) is 7.98. The predicted molar refractivity (Wildman–Crippen MR) is 50.6 cm³/mol. The van der Waals surface area contributed by atoms with Crippen LogP contribution in [-0.2, 0) is 9.59 Å². The molecule has 1 aromatic rings. The van der Waals surface area contributed by atoms with E-state index < -0.39 is 18.2 Å². The summed E-state index contributed by atoms with van der Waals surface area (Å²) in [5, 5.41) is 0. The van der Waals surface area contributed by atoms with Crippen LogP contribution in [0.3, 0.4) is 0 Å². The monoisotopic (exact) mass is 213 g/mol. The predicted octanol–water partition coefficient (Wildman–Crippen LogP) is 1.83. The van der Waals surface area contributed by atoms with Gasteiger partial charge in [-0.25, -0.2) is 4.90 Å². The quantitative estimate of drug-likeness (QED) is 0.751. The van der Waals surface area contributed by atoms with Gasteiger partial charge in [-0.2, -0.15) is 8.78 Å². The third-order valence-electron chi connectivity index (χ3n) is 1.74. The Morgan fingerprint density at radius 3 is 2.13 bits per heavy atom. The van der Waals surface area contributed by atoms with E-state index in [-0.39, 0.29) is 5.69 Å². The Labute approximate surface area is 85.3 Å². The first kappa shape index (κ1) is 11.3. The minimum atomic E-state index is -3.19. The van der Waals surface area contributed by atoms with Crippen LogP contribution in [0.1, 0.15) is 6.92 Å². The van der Waals surface area contributed by atoms with E-state index >= 15 is 0 Å². The molecular weight excluding hydrogens is 204 g/mol. The molecule has 0 fully saturated rings. The lowest BCUT2D eigenvalue weighted by atomic mass is 10.3. The molecule has 5 heteroatoms. The van der Waals surface area contributed by atoms with Crippen molar-refractivity contribution in [3.8, 4) is 0 Å². The number of nitrogens with zero attached hydrogens (tertiary/aromatic N) is 1.